The molecule has 2 aromatic carbocycles. The number of carbonyl (C=O) groups excluding carboxylic acids is 2. The Kier molecular flexibility index (Phi) is 10.9. The highest BCUT2D eigenvalue weighted by Gasteiger charge is 2.27. The molecule has 192 valence electrons. The number of hydrogen-bond donors (Lipinski definition) is 1. The molecule has 0 fully saturated rings. The smallest absolute Gasteiger partial charge is 0.242 e. The minimum atomic E-state index is -3.54. The fraction of sp³-hybridized carbons (Fsp3) is 0.440. The number of para-hydroxylation sites is 1. The lowest BCUT2D eigenvalue weighted by molar-refractivity contribution is -0.140. The molecule has 0 radical (unpaired) electrons. The van der Waals surface area contributed by atoms with Crippen LogP contribution in [0, 0.1) is 6.92 Å². The fourth-order valence-electron chi connectivity index (χ4n) is 3.64. The number of aryl methyl sites for hydroxylation is 1. The Labute approximate surface area is 218 Å². The van der Waals surface area contributed by atoms with E-state index in [0.29, 0.717) is 28.7 Å². The molecule has 0 aliphatic heterocycles. The van der Waals surface area contributed by atoms with E-state index in [1.807, 2.05) is 26.0 Å². The summed E-state index contributed by atoms with van der Waals surface area (Å²) in [5, 5.41) is 3.59. The standard InChI is InChI=1S/C25H33Cl2N3O4S/c1-5-14-28-25(32)19(3)29(17-20-12-13-21(26)22(27)16-20)24(31)11-8-15-30(35(4,33)34)23-10-7-6-9-18(23)2/h6-7,9-10,12-13,16,19H,5,8,11,14-15,17H2,1-4H3,(H,28,32)/t19-/m1/s1. The molecule has 0 aliphatic rings. The van der Waals surface area contributed by atoms with Crippen LogP contribution in [-0.4, -0.2) is 50.5 Å². The van der Waals surface area contributed by atoms with Crippen LogP contribution in [0.25, 0.3) is 0 Å². The number of nitrogens with one attached hydrogen (secondary N) is 1. The Balaban J connectivity index is 2.19. The first-order valence-electron chi connectivity index (χ1n) is 11.5. The predicted octanol–water partition coefficient (Wildman–Crippen LogP) is 4.79. The third kappa shape index (κ3) is 8.40. The number of anilines is 1. The molecule has 0 aliphatic carbocycles. The second-order valence-electron chi connectivity index (χ2n) is 8.46. The third-order valence-electron chi connectivity index (χ3n) is 5.59. The predicted molar refractivity (Wildman–Crippen MR) is 142 cm³/mol. The maximum absolute atomic E-state index is 13.3. The molecule has 0 saturated heterocycles. The zero-order valence-electron chi connectivity index (χ0n) is 20.6. The van der Waals surface area contributed by atoms with Crippen molar-refractivity contribution in [3.63, 3.8) is 0 Å². The second-order valence-corrected chi connectivity index (χ2v) is 11.2. The van der Waals surface area contributed by atoms with Crippen LogP contribution >= 0.6 is 23.2 Å². The lowest BCUT2D eigenvalue weighted by Crippen LogP contribution is -2.47. The molecule has 1 N–H and O–H groups in total. The summed E-state index contributed by atoms with van der Waals surface area (Å²) in [6, 6.07) is 11.6. The van der Waals surface area contributed by atoms with Crippen LogP contribution in [0.2, 0.25) is 10.0 Å². The number of benzene rings is 2. The first kappa shape index (κ1) is 28.9. The number of rotatable bonds is 12. The van der Waals surface area contributed by atoms with E-state index in [2.05, 4.69) is 5.32 Å². The highest BCUT2D eigenvalue weighted by Crippen LogP contribution is 2.25. The second kappa shape index (κ2) is 13.1. The highest BCUT2D eigenvalue weighted by atomic mass is 35.5. The van der Waals surface area contributed by atoms with Crippen LogP contribution in [0.5, 0.6) is 0 Å². The summed E-state index contributed by atoms with van der Waals surface area (Å²) < 4.78 is 26.2. The Morgan fingerprint density at radius 3 is 2.37 bits per heavy atom. The van der Waals surface area contributed by atoms with E-state index < -0.39 is 16.1 Å². The van der Waals surface area contributed by atoms with Gasteiger partial charge in [-0.05, 0) is 56.0 Å². The van der Waals surface area contributed by atoms with E-state index in [1.165, 1.54) is 9.21 Å². The number of amides is 2. The molecule has 2 amide bonds. The van der Waals surface area contributed by atoms with Gasteiger partial charge in [0.1, 0.15) is 6.04 Å². The van der Waals surface area contributed by atoms with E-state index in [-0.39, 0.29) is 31.3 Å². The van der Waals surface area contributed by atoms with Gasteiger partial charge in [-0.15, -0.1) is 0 Å². The lowest BCUT2D eigenvalue weighted by atomic mass is 10.1. The van der Waals surface area contributed by atoms with E-state index in [9.17, 15) is 18.0 Å². The average Bonchev–Trinajstić information content (AvgIpc) is 2.80. The molecule has 35 heavy (non-hydrogen) atoms. The normalized spacial score (nSPS) is 12.2. The maximum Gasteiger partial charge on any atom is 0.242 e. The molecule has 0 saturated carbocycles. The summed E-state index contributed by atoms with van der Waals surface area (Å²) in [7, 11) is -3.54. The van der Waals surface area contributed by atoms with Crippen molar-refractivity contribution in [2.75, 3.05) is 23.7 Å². The minimum Gasteiger partial charge on any atom is -0.354 e. The number of nitrogens with zero attached hydrogens (tertiary/aromatic N) is 2. The van der Waals surface area contributed by atoms with Crippen LogP contribution in [0.15, 0.2) is 42.5 Å². The molecule has 0 spiro atoms. The fourth-order valence-corrected chi connectivity index (χ4v) is 4.98. The summed E-state index contributed by atoms with van der Waals surface area (Å²) in [4.78, 5) is 27.4. The van der Waals surface area contributed by atoms with Gasteiger partial charge in [0.2, 0.25) is 21.8 Å². The number of halogens is 2. The minimum absolute atomic E-state index is 0.0740. The first-order chi connectivity index (χ1) is 16.5. The highest BCUT2D eigenvalue weighted by molar-refractivity contribution is 7.92. The van der Waals surface area contributed by atoms with Gasteiger partial charge in [-0.1, -0.05) is 54.4 Å². The summed E-state index contributed by atoms with van der Waals surface area (Å²) in [6.07, 6.45) is 2.30. The van der Waals surface area contributed by atoms with Crippen molar-refractivity contribution in [3.8, 4) is 0 Å². The zero-order valence-corrected chi connectivity index (χ0v) is 22.9. The molecule has 2 rings (SSSR count). The molecule has 0 aromatic heterocycles. The molecule has 0 bridgehead atoms. The SMILES string of the molecule is CCCNC(=O)[C@@H](C)N(Cc1ccc(Cl)c(Cl)c1)C(=O)CCCN(c1ccccc1C)S(C)(=O)=O. The van der Waals surface area contributed by atoms with Gasteiger partial charge in [-0.25, -0.2) is 8.42 Å². The van der Waals surface area contributed by atoms with Gasteiger partial charge in [0.15, 0.2) is 0 Å². The van der Waals surface area contributed by atoms with Crippen LogP contribution in [0.3, 0.4) is 0 Å². The Morgan fingerprint density at radius 2 is 1.77 bits per heavy atom. The first-order valence-corrected chi connectivity index (χ1v) is 14.1. The van der Waals surface area contributed by atoms with Crippen molar-refractivity contribution < 1.29 is 18.0 Å². The van der Waals surface area contributed by atoms with Crippen LogP contribution < -0.4 is 9.62 Å². The van der Waals surface area contributed by atoms with Crippen molar-refractivity contribution in [2.24, 2.45) is 0 Å². The van der Waals surface area contributed by atoms with Gasteiger partial charge in [-0.2, -0.15) is 0 Å². The van der Waals surface area contributed by atoms with Gasteiger partial charge in [0.25, 0.3) is 0 Å². The topological polar surface area (TPSA) is 86.8 Å². The Bertz CT molecular complexity index is 1140. The van der Waals surface area contributed by atoms with Crippen LogP contribution in [0.4, 0.5) is 5.69 Å². The van der Waals surface area contributed by atoms with E-state index >= 15 is 0 Å². The Hall–Kier alpha value is -2.29. The van der Waals surface area contributed by atoms with Gasteiger partial charge < -0.3 is 10.2 Å². The quantitative estimate of drug-likeness (QED) is 0.418. The summed E-state index contributed by atoms with van der Waals surface area (Å²) in [5.74, 6) is -0.508. The molecule has 7 nitrogen and oxygen atoms in total. The van der Waals surface area contributed by atoms with Gasteiger partial charge in [0, 0.05) is 26.1 Å². The van der Waals surface area contributed by atoms with E-state index in [0.717, 1.165) is 23.8 Å². The number of carbonyl (C=O) groups is 2. The average molecular weight is 543 g/mol. The monoisotopic (exact) mass is 541 g/mol. The summed E-state index contributed by atoms with van der Waals surface area (Å²) >= 11 is 12.2. The van der Waals surface area contributed by atoms with Crippen molar-refractivity contribution in [1.82, 2.24) is 10.2 Å². The molecule has 0 heterocycles. The molecule has 0 unspecified atom stereocenters. The summed E-state index contributed by atoms with van der Waals surface area (Å²) in [6.45, 7) is 6.30. The largest absolute Gasteiger partial charge is 0.354 e. The number of sulfonamides is 1. The van der Waals surface area contributed by atoms with Crippen molar-refractivity contribution in [2.45, 2.75) is 52.6 Å². The number of hydrogen-bond acceptors (Lipinski definition) is 4. The van der Waals surface area contributed by atoms with Gasteiger partial charge >= 0.3 is 0 Å². The van der Waals surface area contributed by atoms with Crippen molar-refractivity contribution in [3.05, 3.63) is 63.6 Å². The van der Waals surface area contributed by atoms with Gasteiger partial charge in [-0.3, -0.25) is 13.9 Å². The molecule has 2 aromatic rings. The zero-order chi connectivity index (χ0) is 26.2. The van der Waals surface area contributed by atoms with Crippen LogP contribution in [-0.2, 0) is 26.2 Å². The summed E-state index contributed by atoms with van der Waals surface area (Å²) in [5.41, 5.74) is 2.15. The van der Waals surface area contributed by atoms with Crippen LogP contribution in [0.1, 0.15) is 44.2 Å². The molecular formula is C25H33Cl2N3O4S. The molecular weight excluding hydrogens is 509 g/mol. The van der Waals surface area contributed by atoms with E-state index in [4.69, 9.17) is 23.2 Å². The van der Waals surface area contributed by atoms with Crippen molar-refractivity contribution in [1.29, 1.82) is 0 Å². The van der Waals surface area contributed by atoms with Crippen molar-refractivity contribution >= 4 is 50.7 Å². The molecule has 1 atom stereocenters. The maximum atomic E-state index is 13.3. The third-order valence-corrected chi connectivity index (χ3v) is 7.51. The van der Waals surface area contributed by atoms with Gasteiger partial charge in [0.05, 0.1) is 22.0 Å². The lowest BCUT2D eigenvalue weighted by Gasteiger charge is -2.29. The molecule has 10 heteroatoms. The van der Waals surface area contributed by atoms with E-state index in [1.54, 1.807) is 37.3 Å². The Morgan fingerprint density at radius 1 is 1.09 bits per heavy atom.